The van der Waals surface area contributed by atoms with Crippen LogP contribution in [0.5, 0.6) is 0 Å². The highest BCUT2D eigenvalue weighted by Gasteiger charge is 2.16. The van der Waals surface area contributed by atoms with Gasteiger partial charge in [0.2, 0.25) is 0 Å². The summed E-state index contributed by atoms with van der Waals surface area (Å²) in [4.78, 5) is 10.5. The summed E-state index contributed by atoms with van der Waals surface area (Å²) in [5.74, 6) is -0.295. The number of rotatable bonds is 1. The summed E-state index contributed by atoms with van der Waals surface area (Å²) in [6.07, 6.45) is 5.88. The summed E-state index contributed by atoms with van der Waals surface area (Å²) in [7, 11) is 0. The molecule has 0 aromatic heterocycles. The van der Waals surface area contributed by atoms with Crippen molar-refractivity contribution in [1.29, 1.82) is 0 Å². The van der Waals surface area contributed by atoms with Crippen LogP contribution in [-0.2, 0) is 17.6 Å². The predicted molar refractivity (Wildman–Crippen MR) is 87.9 cm³/mol. The Hall–Kier alpha value is -2.55. The van der Waals surface area contributed by atoms with E-state index >= 15 is 0 Å². The minimum atomic E-state index is -0.222. The Balaban J connectivity index is 0.000000136. The lowest BCUT2D eigenvalue weighted by Crippen LogP contribution is -1.89. The van der Waals surface area contributed by atoms with Crippen LogP contribution in [-0.4, -0.2) is 6.29 Å². The zero-order valence-corrected chi connectivity index (χ0v) is 12.8. The maximum absolute atomic E-state index is 13.1. The van der Waals surface area contributed by atoms with Crippen LogP contribution in [0.1, 0.15) is 29.2 Å². The number of benzene rings is 2. The average Bonchev–Trinajstić information content (AvgIpc) is 3.14. The van der Waals surface area contributed by atoms with E-state index in [0.717, 1.165) is 29.4 Å². The van der Waals surface area contributed by atoms with Gasteiger partial charge in [-0.15, -0.1) is 0 Å². The van der Waals surface area contributed by atoms with Crippen molar-refractivity contribution in [2.45, 2.75) is 19.8 Å². The molecule has 2 aliphatic carbocycles. The van der Waals surface area contributed by atoms with E-state index in [1.165, 1.54) is 17.7 Å². The van der Waals surface area contributed by atoms with Crippen molar-refractivity contribution in [3.05, 3.63) is 82.4 Å². The van der Waals surface area contributed by atoms with Gasteiger partial charge in [-0.05, 0) is 59.7 Å². The van der Waals surface area contributed by atoms with Crippen molar-refractivity contribution in [2.75, 3.05) is 0 Å². The fraction of sp³-hybridized carbons (Fsp3) is 0.150. The standard InChI is InChI=1S/C10H7FO.C10H9F/c11-10-3-1-2-8-7(6-12)4-5-9(8)10;1-7-5-6-9-8(7)3-2-4-10(9)11/h1-4,6H,5H2;2-5H,6H2,1H3. The SMILES string of the molecule is CC1=CCc2c(F)cccc21.O=CC1=CCc2c(F)cccc21. The smallest absolute Gasteiger partial charge is 0.150 e. The molecule has 116 valence electrons. The Morgan fingerprint density at radius 1 is 0.870 bits per heavy atom. The number of hydrogen-bond acceptors (Lipinski definition) is 1. The molecule has 1 nitrogen and oxygen atoms in total. The van der Waals surface area contributed by atoms with Crippen molar-refractivity contribution < 1.29 is 13.6 Å². The van der Waals surface area contributed by atoms with E-state index in [-0.39, 0.29) is 11.6 Å². The van der Waals surface area contributed by atoms with Crippen molar-refractivity contribution in [1.82, 2.24) is 0 Å². The minimum absolute atomic E-state index is 0.0735. The van der Waals surface area contributed by atoms with E-state index in [1.807, 2.05) is 13.0 Å². The molecular weight excluding hydrogens is 294 g/mol. The zero-order valence-electron chi connectivity index (χ0n) is 12.8. The molecule has 0 heterocycles. The number of fused-ring (bicyclic) bond motifs is 2. The lowest BCUT2D eigenvalue weighted by molar-refractivity contribution is -0.103. The summed E-state index contributed by atoms with van der Waals surface area (Å²) in [5, 5.41) is 0. The second-order valence-electron chi connectivity index (χ2n) is 5.60. The first-order valence-corrected chi connectivity index (χ1v) is 7.49. The molecule has 0 spiro atoms. The third-order valence-electron chi connectivity index (χ3n) is 4.24. The van der Waals surface area contributed by atoms with Gasteiger partial charge < -0.3 is 0 Å². The quantitative estimate of drug-likeness (QED) is 0.695. The van der Waals surface area contributed by atoms with Crippen LogP contribution in [0.2, 0.25) is 0 Å². The van der Waals surface area contributed by atoms with Crippen LogP contribution in [0, 0.1) is 11.6 Å². The molecule has 4 rings (SSSR count). The van der Waals surface area contributed by atoms with Crippen LogP contribution >= 0.6 is 0 Å². The number of carbonyl (C=O) groups is 1. The molecule has 0 aliphatic heterocycles. The highest BCUT2D eigenvalue weighted by atomic mass is 19.1. The molecule has 2 aromatic carbocycles. The van der Waals surface area contributed by atoms with Gasteiger partial charge in [-0.3, -0.25) is 4.79 Å². The normalized spacial score (nSPS) is 14.2. The largest absolute Gasteiger partial charge is 0.298 e. The first-order chi connectivity index (χ1) is 11.1. The number of hydrogen-bond donors (Lipinski definition) is 0. The Kier molecular flexibility index (Phi) is 4.20. The van der Waals surface area contributed by atoms with E-state index in [0.29, 0.717) is 17.6 Å². The van der Waals surface area contributed by atoms with Crippen molar-refractivity contribution in [2.24, 2.45) is 0 Å². The van der Waals surface area contributed by atoms with Gasteiger partial charge in [-0.2, -0.15) is 0 Å². The molecule has 2 aliphatic rings. The van der Waals surface area contributed by atoms with E-state index in [9.17, 15) is 13.6 Å². The first kappa shape index (κ1) is 15.3. The third-order valence-corrected chi connectivity index (χ3v) is 4.24. The van der Waals surface area contributed by atoms with Crippen LogP contribution < -0.4 is 0 Å². The Bertz CT molecular complexity index is 832. The lowest BCUT2D eigenvalue weighted by atomic mass is 10.1. The highest BCUT2D eigenvalue weighted by Crippen LogP contribution is 2.28. The van der Waals surface area contributed by atoms with Gasteiger partial charge in [0.15, 0.2) is 0 Å². The summed E-state index contributed by atoms with van der Waals surface area (Å²) in [6, 6.07) is 10.1. The van der Waals surface area contributed by atoms with Gasteiger partial charge in [0.1, 0.15) is 17.9 Å². The summed E-state index contributed by atoms with van der Waals surface area (Å²) in [5.41, 5.74) is 5.10. The summed E-state index contributed by atoms with van der Waals surface area (Å²) < 4.78 is 26.1. The molecular formula is C20H16F2O. The van der Waals surface area contributed by atoms with Gasteiger partial charge in [0, 0.05) is 5.57 Å². The van der Waals surface area contributed by atoms with Gasteiger partial charge >= 0.3 is 0 Å². The third kappa shape index (κ3) is 2.87. The predicted octanol–water partition coefficient (Wildman–Crippen LogP) is 4.75. The minimum Gasteiger partial charge on any atom is -0.298 e. The molecule has 0 saturated heterocycles. The Labute approximate surface area is 134 Å². The van der Waals surface area contributed by atoms with Gasteiger partial charge in [0.25, 0.3) is 0 Å². The molecule has 3 heteroatoms. The molecule has 0 atom stereocenters. The molecule has 0 bridgehead atoms. The second kappa shape index (κ2) is 6.29. The molecule has 0 amide bonds. The number of carbonyl (C=O) groups excluding carboxylic acids is 1. The number of halogens is 2. The van der Waals surface area contributed by atoms with E-state index < -0.39 is 0 Å². The average molecular weight is 310 g/mol. The van der Waals surface area contributed by atoms with E-state index in [2.05, 4.69) is 6.08 Å². The van der Waals surface area contributed by atoms with Gasteiger partial charge in [-0.25, -0.2) is 8.78 Å². The maximum atomic E-state index is 13.1. The Morgan fingerprint density at radius 2 is 1.43 bits per heavy atom. The molecule has 0 unspecified atom stereocenters. The topological polar surface area (TPSA) is 17.1 Å². The van der Waals surface area contributed by atoms with Crippen LogP contribution in [0.25, 0.3) is 11.1 Å². The van der Waals surface area contributed by atoms with Crippen molar-refractivity contribution in [3.8, 4) is 0 Å². The van der Waals surface area contributed by atoms with Gasteiger partial charge in [-0.1, -0.05) is 36.4 Å². The Morgan fingerprint density at radius 3 is 2.04 bits per heavy atom. The van der Waals surface area contributed by atoms with E-state index in [4.69, 9.17) is 0 Å². The fourth-order valence-electron chi connectivity index (χ4n) is 2.97. The van der Waals surface area contributed by atoms with Crippen LogP contribution in [0.15, 0.2) is 48.6 Å². The monoisotopic (exact) mass is 310 g/mol. The number of allylic oxidation sites excluding steroid dienone is 4. The summed E-state index contributed by atoms with van der Waals surface area (Å²) >= 11 is 0. The van der Waals surface area contributed by atoms with E-state index in [1.54, 1.807) is 24.3 Å². The number of aldehydes is 1. The molecule has 0 saturated carbocycles. The van der Waals surface area contributed by atoms with Crippen LogP contribution in [0.4, 0.5) is 8.78 Å². The van der Waals surface area contributed by atoms with Crippen LogP contribution in [0.3, 0.4) is 0 Å². The maximum Gasteiger partial charge on any atom is 0.150 e. The lowest BCUT2D eigenvalue weighted by Gasteiger charge is -2.00. The molecule has 2 aromatic rings. The van der Waals surface area contributed by atoms with Gasteiger partial charge in [0.05, 0.1) is 0 Å². The second-order valence-corrected chi connectivity index (χ2v) is 5.60. The zero-order chi connectivity index (χ0) is 16.4. The molecule has 0 radical (unpaired) electrons. The fourth-order valence-corrected chi connectivity index (χ4v) is 2.97. The molecule has 23 heavy (non-hydrogen) atoms. The van der Waals surface area contributed by atoms with Crippen molar-refractivity contribution in [3.63, 3.8) is 0 Å². The molecule has 0 N–H and O–H groups in total. The molecule has 0 fully saturated rings. The first-order valence-electron chi connectivity index (χ1n) is 7.49. The highest BCUT2D eigenvalue weighted by molar-refractivity contribution is 6.09. The summed E-state index contributed by atoms with van der Waals surface area (Å²) in [6.45, 7) is 2.02. The van der Waals surface area contributed by atoms with Crippen molar-refractivity contribution >= 4 is 17.4 Å².